The van der Waals surface area contributed by atoms with Crippen molar-refractivity contribution >= 4 is 43.6 Å². The van der Waals surface area contributed by atoms with Gasteiger partial charge in [-0.25, -0.2) is 4.39 Å². The molecule has 2 aromatic heterocycles. The summed E-state index contributed by atoms with van der Waals surface area (Å²) < 4.78 is 17.6. The minimum absolute atomic E-state index is 0.0768. The summed E-state index contributed by atoms with van der Waals surface area (Å²) >= 11 is 0. The summed E-state index contributed by atoms with van der Waals surface area (Å²) in [6, 6.07) is 13.6. The second kappa shape index (κ2) is 6.91. The average molecular weight is 412 g/mol. The number of hydrogen-bond donors (Lipinski definition) is 0. The maximum atomic E-state index is 13.8. The molecular weight excluding hydrogens is 391 g/mol. The van der Waals surface area contributed by atoms with Crippen LogP contribution in [0.3, 0.4) is 0 Å². The van der Waals surface area contributed by atoms with Crippen LogP contribution in [0.15, 0.2) is 70.8 Å². The van der Waals surface area contributed by atoms with Crippen molar-refractivity contribution in [2.45, 2.75) is 12.8 Å². The zero-order valence-corrected chi connectivity index (χ0v) is 17.4. The molecule has 2 heterocycles. The molecular formula is C26H21FN2O2. The first-order valence-corrected chi connectivity index (χ1v) is 10.2. The Labute approximate surface area is 177 Å². The van der Waals surface area contributed by atoms with E-state index >= 15 is 0 Å². The van der Waals surface area contributed by atoms with Crippen molar-refractivity contribution in [3.63, 3.8) is 0 Å². The van der Waals surface area contributed by atoms with Gasteiger partial charge < -0.3 is 9.13 Å². The number of benzene rings is 3. The molecule has 0 aliphatic heterocycles. The lowest BCUT2D eigenvalue weighted by molar-refractivity contribution is 0.629. The zero-order chi connectivity index (χ0) is 21.9. The lowest BCUT2D eigenvalue weighted by Gasteiger charge is -2.15. The summed E-state index contributed by atoms with van der Waals surface area (Å²) in [4.78, 5) is 26.5. The number of rotatable bonds is 3. The fraction of sp³-hybridized carbons (Fsp3) is 0.154. The van der Waals surface area contributed by atoms with Crippen LogP contribution in [0.2, 0.25) is 0 Å². The predicted molar refractivity (Wildman–Crippen MR) is 125 cm³/mol. The molecule has 0 aliphatic carbocycles. The van der Waals surface area contributed by atoms with Gasteiger partial charge >= 0.3 is 0 Å². The highest BCUT2D eigenvalue weighted by molar-refractivity contribution is 6.03. The van der Waals surface area contributed by atoms with Crippen LogP contribution in [0.5, 0.6) is 0 Å². The van der Waals surface area contributed by atoms with Gasteiger partial charge in [-0.2, -0.15) is 0 Å². The summed E-state index contributed by atoms with van der Waals surface area (Å²) in [5.41, 5.74) is 3.52. The van der Waals surface area contributed by atoms with E-state index in [0.29, 0.717) is 38.1 Å². The Kier molecular flexibility index (Phi) is 4.29. The van der Waals surface area contributed by atoms with Gasteiger partial charge in [0, 0.05) is 35.6 Å². The molecule has 0 saturated heterocycles. The first-order valence-electron chi connectivity index (χ1n) is 10.2. The highest BCUT2D eigenvalue weighted by Crippen LogP contribution is 2.26. The molecule has 4 nitrogen and oxygen atoms in total. The molecule has 0 amide bonds. The van der Waals surface area contributed by atoms with Gasteiger partial charge in [0.2, 0.25) is 0 Å². The first kappa shape index (κ1) is 19.2. The van der Waals surface area contributed by atoms with Crippen LogP contribution in [0.4, 0.5) is 4.39 Å². The smallest absolute Gasteiger partial charge is 0.197 e. The number of allylic oxidation sites excluding steroid dienone is 1. The predicted octanol–water partition coefficient (Wildman–Crippen LogP) is 4.95. The molecule has 0 spiro atoms. The monoisotopic (exact) mass is 412 g/mol. The van der Waals surface area contributed by atoms with Gasteiger partial charge in [0.1, 0.15) is 5.82 Å². The third-order valence-electron chi connectivity index (χ3n) is 6.20. The van der Waals surface area contributed by atoms with Gasteiger partial charge in [-0.15, -0.1) is 6.58 Å². The minimum atomic E-state index is -0.406. The summed E-state index contributed by atoms with van der Waals surface area (Å²) in [6.07, 6.45) is 3.59. The van der Waals surface area contributed by atoms with Gasteiger partial charge in [-0.1, -0.05) is 12.1 Å². The first-order chi connectivity index (χ1) is 14.9. The van der Waals surface area contributed by atoms with Crippen molar-refractivity contribution in [3.8, 4) is 0 Å². The molecule has 5 aromatic rings. The molecule has 0 radical (unpaired) electrons. The number of fused-ring (bicyclic) bond motifs is 4. The van der Waals surface area contributed by atoms with E-state index in [0.717, 1.165) is 23.9 Å². The molecule has 3 aromatic carbocycles. The Bertz CT molecular complexity index is 1680. The van der Waals surface area contributed by atoms with Crippen LogP contribution in [0, 0.1) is 5.82 Å². The molecule has 0 saturated carbocycles. The highest BCUT2D eigenvalue weighted by atomic mass is 19.1. The normalized spacial score (nSPS) is 11.7. The molecule has 0 N–H and O–H groups in total. The number of nitrogens with zero attached hydrogens (tertiary/aromatic N) is 2. The van der Waals surface area contributed by atoms with Gasteiger partial charge in [0.05, 0.1) is 22.1 Å². The van der Waals surface area contributed by atoms with E-state index in [-0.39, 0.29) is 10.9 Å². The van der Waals surface area contributed by atoms with Gasteiger partial charge in [0.15, 0.2) is 10.9 Å². The Hall–Kier alpha value is -3.73. The zero-order valence-electron chi connectivity index (χ0n) is 17.4. The molecule has 0 unspecified atom stereocenters. The SMILES string of the molecule is C=CCCc1ccc2c(=O)c3cc4c(cc3n(C)c2c1)c(=O)c1ccc(F)cc1n4C. The van der Waals surface area contributed by atoms with E-state index in [2.05, 4.69) is 6.58 Å². The third-order valence-corrected chi connectivity index (χ3v) is 6.20. The Morgan fingerprint density at radius 3 is 1.87 bits per heavy atom. The molecule has 154 valence electrons. The van der Waals surface area contributed by atoms with E-state index in [1.54, 1.807) is 23.7 Å². The van der Waals surface area contributed by atoms with E-state index in [1.807, 2.05) is 35.9 Å². The maximum absolute atomic E-state index is 13.8. The number of aryl methyl sites for hydroxylation is 3. The van der Waals surface area contributed by atoms with E-state index in [1.165, 1.54) is 18.2 Å². The molecule has 31 heavy (non-hydrogen) atoms. The quantitative estimate of drug-likeness (QED) is 0.311. The Balaban J connectivity index is 1.93. The summed E-state index contributed by atoms with van der Waals surface area (Å²) in [6.45, 7) is 3.77. The van der Waals surface area contributed by atoms with Crippen molar-refractivity contribution in [1.29, 1.82) is 0 Å². The molecule has 5 rings (SSSR count). The minimum Gasteiger partial charge on any atom is -0.343 e. The van der Waals surface area contributed by atoms with Gasteiger partial charge in [-0.3, -0.25) is 9.59 Å². The summed E-state index contributed by atoms with van der Waals surface area (Å²) in [7, 11) is 3.70. The Morgan fingerprint density at radius 1 is 0.774 bits per heavy atom. The lowest BCUT2D eigenvalue weighted by atomic mass is 10.0. The summed E-state index contributed by atoms with van der Waals surface area (Å²) in [5.74, 6) is -0.406. The molecule has 0 bridgehead atoms. The van der Waals surface area contributed by atoms with Crippen LogP contribution in [-0.2, 0) is 20.5 Å². The van der Waals surface area contributed by atoms with Crippen LogP contribution < -0.4 is 10.9 Å². The topological polar surface area (TPSA) is 44.0 Å². The van der Waals surface area contributed by atoms with Crippen LogP contribution in [0.25, 0.3) is 43.6 Å². The molecule has 0 atom stereocenters. The average Bonchev–Trinajstić information content (AvgIpc) is 2.78. The molecule has 5 heteroatoms. The van der Waals surface area contributed by atoms with Gasteiger partial charge in [-0.05, 0) is 60.9 Å². The number of halogens is 1. The van der Waals surface area contributed by atoms with Crippen LogP contribution >= 0.6 is 0 Å². The lowest BCUT2D eigenvalue weighted by Crippen LogP contribution is -2.13. The Morgan fingerprint density at radius 2 is 1.29 bits per heavy atom. The fourth-order valence-corrected chi connectivity index (χ4v) is 4.49. The molecule has 0 fully saturated rings. The van der Waals surface area contributed by atoms with Crippen molar-refractivity contribution in [2.75, 3.05) is 0 Å². The van der Waals surface area contributed by atoms with Crippen molar-refractivity contribution in [3.05, 3.63) is 93.0 Å². The summed E-state index contributed by atoms with van der Waals surface area (Å²) in [5, 5.41) is 2.13. The highest BCUT2D eigenvalue weighted by Gasteiger charge is 2.15. The third kappa shape index (κ3) is 2.81. The maximum Gasteiger partial charge on any atom is 0.197 e. The van der Waals surface area contributed by atoms with Crippen LogP contribution in [0.1, 0.15) is 12.0 Å². The second-order valence-electron chi connectivity index (χ2n) is 8.00. The standard InChI is InChI=1S/C26H21FN2O2/c1-4-5-6-15-7-9-17-21(11-15)28(2)23-13-20-24(14-19(23)25(17)30)29(3)22-12-16(27)8-10-18(22)26(20)31/h4,7-14H,1,5-6H2,2-3H3. The second-order valence-corrected chi connectivity index (χ2v) is 8.00. The fourth-order valence-electron chi connectivity index (χ4n) is 4.49. The number of aromatic nitrogens is 2. The van der Waals surface area contributed by atoms with E-state index in [9.17, 15) is 14.0 Å². The largest absolute Gasteiger partial charge is 0.343 e. The molecule has 0 aliphatic rings. The van der Waals surface area contributed by atoms with Crippen molar-refractivity contribution in [2.24, 2.45) is 14.1 Å². The van der Waals surface area contributed by atoms with Gasteiger partial charge in [0.25, 0.3) is 0 Å². The van der Waals surface area contributed by atoms with E-state index < -0.39 is 5.82 Å². The van der Waals surface area contributed by atoms with Crippen molar-refractivity contribution < 1.29 is 4.39 Å². The number of hydrogen-bond acceptors (Lipinski definition) is 2. The number of pyridine rings is 2. The van der Waals surface area contributed by atoms with Crippen LogP contribution in [-0.4, -0.2) is 9.13 Å². The van der Waals surface area contributed by atoms with E-state index in [4.69, 9.17) is 0 Å². The van der Waals surface area contributed by atoms with Crippen molar-refractivity contribution in [1.82, 2.24) is 9.13 Å².